The van der Waals surface area contributed by atoms with Crippen LogP contribution in [0.3, 0.4) is 0 Å². The van der Waals surface area contributed by atoms with Gasteiger partial charge in [-0.2, -0.15) is 17.0 Å². The maximum atomic E-state index is 12.5. The third-order valence-electron chi connectivity index (χ3n) is 3.57. The monoisotopic (exact) mass is 277 g/mol. The minimum atomic E-state index is -3.29. The molecule has 1 atom stereocenters. The molecule has 2 aliphatic rings. The molecule has 6 nitrogen and oxygen atoms in total. The van der Waals surface area contributed by atoms with Crippen molar-refractivity contribution in [2.24, 2.45) is 5.92 Å². The predicted molar refractivity (Wildman–Crippen MR) is 69.5 cm³/mol. The van der Waals surface area contributed by atoms with Gasteiger partial charge >= 0.3 is 0 Å². The Balaban J connectivity index is 1.99. The molecule has 0 saturated carbocycles. The summed E-state index contributed by atoms with van der Waals surface area (Å²) in [5.74, 6) is 0.350. The van der Waals surface area contributed by atoms with E-state index in [1.807, 2.05) is 6.92 Å². The molecule has 0 aromatic rings. The average molecular weight is 277 g/mol. The minimum Gasteiger partial charge on any atom is -0.381 e. The normalized spacial score (nSPS) is 26.9. The van der Waals surface area contributed by atoms with Gasteiger partial charge in [-0.3, -0.25) is 0 Å². The van der Waals surface area contributed by atoms with Crippen molar-refractivity contribution in [1.82, 2.24) is 13.9 Å². The standard InChI is InChI=1S/C11H23N3O3S/c1-2-13(9-11-3-8-17-10-11)18(15,16)14-6-4-12-5-7-14/h11-12H,2-10H2,1H3. The van der Waals surface area contributed by atoms with Crippen molar-refractivity contribution < 1.29 is 13.2 Å². The van der Waals surface area contributed by atoms with Crippen LogP contribution in [-0.4, -0.2) is 69.5 Å². The fourth-order valence-corrected chi connectivity index (χ4v) is 4.14. The Kier molecular flexibility index (Phi) is 4.97. The molecule has 1 N–H and O–H groups in total. The minimum absolute atomic E-state index is 0.350. The molecule has 2 heterocycles. The third kappa shape index (κ3) is 3.21. The topological polar surface area (TPSA) is 61.9 Å². The molecule has 2 rings (SSSR count). The highest BCUT2D eigenvalue weighted by atomic mass is 32.2. The van der Waals surface area contributed by atoms with E-state index in [0.29, 0.717) is 38.7 Å². The number of rotatable bonds is 5. The molecular formula is C11H23N3O3S. The van der Waals surface area contributed by atoms with E-state index in [1.54, 1.807) is 8.61 Å². The van der Waals surface area contributed by atoms with Gasteiger partial charge in [0.1, 0.15) is 0 Å². The molecule has 0 aromatic heterocycles. The molecule has 2 fully saturated rings. The van der Waals surface area contributed by atoms with Crippen LogP contribution in [0.2, 0.25) is 0 Å². The van der Waals surface area contributed by atoms with E-state index in [9.17, 15) is 8.42 Å². The maximum Gasteiger partial charge on any atom is 0.282 e. The van der Waals surface area contributed by atoms with Crippen LogP contribution in [0, 0.1) is 5.92 Å². The molecule has 0 radical (unpaired) electrons. The SMILES string of the molecule is CCN(CC1CCOC1)S(=O)(=O)N1CCNCC1. The molecule has 0 bridgehead atoms. The van der Waals surface area contributed by atoms with Crippen molar-refractivity contribution in [3.8, 4) is 0 Å². The highest BCUT2D eigenvalue weighted by Gasteiger charge is 2.31. The van der Waals surface area contributed by atoms with Crippen LogP contribution in [0.25, 0.3) is 0 Å². The van der Waals surface area contributed by atoms with E-state index in [-0.39, 0.29) is 0 Å². The van der Waals surface area contributed by atoms with E-state index in [0.717, 1.165) is 26.1 Å². The van der Waals surface area contributed by atoms with Crippen LogP contribution < -0.4 is 5.32 Å². The first kappa shape index (κ1) is 14.2. The van der Waals surface area contributed by atoms with Crippen molar-refractivity contribution >= 4 is 10.2 Å². The number of piperazine rings is 1. The number of hydrogen-bond acceptors (Lipinski definition) is 4. The quantitative estimate of drug-likeness (QED) is 0.735. The fourth-order valence-electron chi connectivity index (χ4n) is 2.44. The van der Waals surface area contributed by atoms with E-state index in [4.69, 9.17) is 4.74 Å². The molecule has 106 valence electrons. The van der Waals surface area contributed by atoms with E-state index >= 15 is 0 Å². The zero-order chi connectivity index (χ0) is 13.0. The second-order valence-electron chi connectivity index (χ2n) is 4.84. The van der Waals surface area contributed by atoms with E-state index in [2.05, 4.69) is 5.32 Å². The van der Waals surface area contributed by atoms with Crippen LogP contribution in [-0.2, 0) is 14.9 Å². The first-order chi connectivity index (χ1) is 8.64. The zero-order valence-electron chi connectivity index (χ0n) is 11.0. The van der Waals surface area contributed by atoms with E-state index < -0.39 is 10.2 Å². The summed E-state index contributed by atoms with van der Waals surface area (Å²) in [6.07, 6.45) is 0.966. The number of ether oxygens (including phenoxy) is 1. The Morgan fingerprint density at radius 3 is 2.67 bits per heavy atom. The Morgan fingerprint density at radius 2 is 2.11 bits per heavy atom. The first-order valence-electron chi connectivity index (χ1n) is 6.68. The fraction of sp³-hybridized carbons (Fsp3) is 1.00. The van der Waals surface area contributed by atoms with Crippen molar-refractivity contribution in [3.05, 3.63) is 0 Å². The van der Waals surface area contributed by atoms with Crippen molar-refractivity contribution in [3.63, 3.8) is 0 Å². The largest absolute Gasteiger partial charge is 0.381 e. The highest BCUT2D eigenvalue weighted by molar-refractivity contribution is 7.86. The molecule has 2 aliphatic heterocycles. The molecule has 0 aromatic carbocycles. The lowest BCUT2D eigenvalue weighted by molar-refractivity contribution is 0.179. The van der Waals surface area contributed by atoms with Crippen LogP contribution in [0.4, 0.5) is 0 Å². The zero-order valence-corrected chi connectivity index (χ0v) is 11.8. The second kappa shape index (κ2) is 6.29. The second-order valence-corrected chi connectivity index (χ2v) is 6.77. The molecular weight excluding hydrogens is 254 g/mol. The maximum absolute atomic E-state index is 12.5. The van der Waals surface area contributed by atoms with Crippen molar-refractivity contribution in [1.29, 1.82) is 0 Å². The lowest BCUT2D eigenvalue weighted by Gasteiger charge is -2.32. The lowest BCUT2D eigenvalue weighted by atomic mass is 10.1. The Morgan fingerprint density at radius 1 is 1.39 bits per heavy atom. The summed E-state index contributed by atoms with van der Waals surface area (Å²) in [7, 11) is -3.29. The van der Waals surface area contributed by atoms with Crippen LogP contribution in [0.15, 0.2) is 0 Å². The number of hydrogen-bond donors (Lipinski definition) is 1. The van der Waals surface area contributed by atoms with Gasteiger partial charge in [-0.25, -0.2) is 0 Å². The lowest BCUT2D eigenvalue weighted by Crippen LogP contribution is -2.52. The molecule has 1 unspecified atom stereocenters. The van der Waals surface area contributed by atoms with Gasteiger partial charge in [0.25, 0.3) is 10.2 Å². The number of nitrogens with one attached hydrogen (secondary N) is 1. The Bertz CT molecular complexity index is 349. The molecule has 2 saturated heterocycles. The Labute approximate surface area is 109 Å². The third-order valence-corrected chi connectivity index (χ3v) is 5.64. The summed E-state index contributed by atoms with van der Waals surface area (Å²) < 4.78 is 33.5. The summed E-state index contributed by atoms with van der Waals surface area (Å²) in [6, 6.07) is 0. The molecule has 0 spiro atoms. The highest BCUT2D eigenvalue weighted by Crippen LogP contribution is 2.17. The average Bonchev–Trinajstić information content (AvgIpc) is 2.89. The molecule has 18 heavy (non-hydrogen) atoms. The van der Waals surface area contributed by atoms with Gasteiger partial charge < -0.3 is 10.1 Å². The van der Waals surface area contributed by atoms with Crippen molar-refractivity contribution in [2.75, 3.05) is 52.5 Å². The summed E-state index contributed by atoms with van der Waals surface area (Å²) in [5.41, 5.74) is 0. The van der Waals surface area contributed by atoms with E-state index in [1.165, 1.54) is 0 Å². The Hall–Kier alpha value is -0.210. The van der Waals surface area contributed by atoms with Gasteiger partial charge in [-0.15, -0.1) is 0 Å². The summed E-state index contributed by atoms with van der Waals surface area (Å²) >= 11 is 0. The van der Waals surface area contributed by atoms with Gasteiger partial charge in [-0.1, -0.05) is 6.92 Å². The van der Waals surface area contributed by atoms with Crippen LogP contribution in [0.5, 0.6) is 0 Å². The van der Waals surface area contributed by atoms with Gasteiger partial charge in [0.2, 0.25) is 0 Å². The summed E-state index contributed by atoms with van der Waals surface area (Å²) in [4.78, 5) is 0. The molecule has 7 heteroatoms. The predicted octanol–water partition coefficient (Wildman–Crippen LogP) is -0.505. The smallest absolute Gasteiger partial charge is 0.282 e. The first-order valence-corrected chi connectivity index (χ1v) is 8.08. The molecule has 0 amide bonds. The summed E-state index contributed by atoms with van der Waals surface area (Å²) in [6.45, 7) is 7.08. The van der Waals surface area contributed by atoms with Gasteiger partial charge in [0, 0.05) is 45.9 Å². The summed E-state index contributed by atoms with van der Waals surface area (Å²) in [5, 5.41) is 3.17. The van der Waals surface area contributed by atoms with Gasteiger partial charge in [0.15, 0.2) is 0 Å². The van der Waals surface area contributed by atoms with Crippen molar-refractivity contribution in [2.45, 2.75) is 13.3 Å². The van der Waals surface area contributed by atoms with Crippen LogP contribution in [0.1, 0.15) is 13.3 Å². The number of nitrogens with zero attached hydrogens (tertiary/aromatic N) is 2. The van der Waals surface area contributed by atoms with Crippen LogP contribution >= 0.6 is 0 Å². The van der Waals surface area contributed by atoms with Gasteiger partial charge in [0.05, 0.1) is 6.61 Å². The molecule has 0 aliphatic carbocycles. The van der Waals surface area contributed by atoms with Gasteiger partial charge in [-0.05, 0) is 12.3 Å².